The molecule has 0 aliphatic rings. The lowest BCUT2D eigenvalue weighted by Gasteiger charge is -2.06. The van der Waals surface area contributed by atoms with Gasteiger partial charge in [0.15, 0.2) is 0 Å². The zero-order valence-electron chi connectivity index (χ0n) is 10.9. The van der Waals surface area contributed by atoms with Crippen LogP contribution in [0.4, 0.5) is 5.69 Å². The van der Waals surface area contributed by atoms with Gasteiger partial charge in [-0.1, -0.05) is 6.07 Å². The molecule has 2 aromatic rings. The lowest BCUT2D eigenvalue weighted by atomic mass is 10.3. The third-order valence-corrected chi connectivity index (χ3v) is 4.67. The highest BCUT2D eigenvalue weighted by Crippen LogP contribution is 2.20. The summed E-state index contributed by atoms with van der Waals surface area (Å²) >= 11 is 1.40. The van der Waals surface area contributed by atoms with Crippen molar-refractivity contribution in [1.82, 2.24) is 0 Å². The van der Waals surface area contributed by atoms with E-state index in [9.17, 15) is 13.2 Å². The second kappa shape index (κ2) is 6.25. The molecule has 8 heteroatoms. The van der Waals surface area contributed by atoms with E-state index in [4.69, 9.17) is 10.2 Å². The fraction of sp³-hybridized carbons (Fsp3) is 0.154. The molecule has 0 saturated heterocycles. The van der Waals surface area contributed by atoms with Crippen molar-refractivity contribution in [3.05, 3.63) is 46.2 Å². The number of carboxylic acids is 1. The number of sulfonamides is 1. The minimum Gasteiger partial charge on any atom is -0.481 e. The monoisotopic (exact) mass is 326 g/mol. The predicted molar refractivity (Wildman–Crippen MR) is 80.8 cm³/mol. The number of nitrogens with one attached hydrogen (secondary N) is 1. The van der Waals surface area contributed by atoms with Gasteiger partial charge < -0.3 is 10.4 Å². The molecule has 1 aromatic heterocycles. The van der Waals surface area contributed by atoms with Crippen LogP contribution >= 0.6 is 11.3 Å². The molecule has 0 radical (unpaired) electrons. The van der Waals surface area contributed by atoms with Crippen LogP contribution < -0.4 is 10.5 Å². The molecule has 1 heterocycles. The van der Waals surface area contributed by atoms with Gasteiger partial charge in [0.1, 0.15) is 0 Å². The van der Waals surface area contributed by atoms with E-state index in [1.807, 2.05) is 6.07 Å². The van der Waals surface area contributed by atoms with Crippen molar-refractivity contribution in [2.75, 3.05) is 5.32 Å². The van der Waals surface area contributed by atoms with Crippen LogP contribution in [0.1, 0.15) is 9.75 Å². The average Bonchev–Trinajstić information content (AvgIpc) is 2.82. The van der Waals surface area contributed by atoms with Gasteiger partial charge in [-0.05, 0) is 30.3 Å². The molecular formula is C13H14N2O4S2. The van der Waals surface area contributed by atoms with Gasteiger partial charge in [0.05, 0.1) is 11.3 Å². The largest absolute Gasteiger partial charge is 0.481 e. The minimum absolute atomic E-state index is 0.00552. The summed E-state index contributed by atoms with van der Waals surface area (Å²) in [5.74, 6) is -0.864. The van der Waals surface area contributed by atoms with E-state index >= 15 is 0 Å². The first kappa shape index (κ1) is 15.5. The molecule has 112 valence electrons. The van der Waals surface area contributed by atoms with Gasteiger partial charge >= 0.3 is 5.97 Å². The Morgan fingerprint density at radius 1 is 1.24 bits per heavy atom. The van der Waals surface area contributed by atoms with Crippen LogP contribution in [0.5, 0.6) is 0 Å². The maximum Gasteiger partial charge on any atom is 0.308 e. The number of hydrogen-bond donors (Lipinski definition) is 3. The molecule has 0 amide bonds. The zero-order valence-corrected chi connectivity index (χ0v) is 12.6. The molecule has 4 N–H and O–H groups in total. The van der Waals surface area contributed by atoms with Crippen molar-refractivity contribution in [3.8, 4) is 0 Å². The van der Waals surface area contributed by atoms with E-state index in [0.29, 0.717) is 12.2 Å². The first-order valence-corrected chi connectivity index (χ1v) is 8.37. The quantitative estimate of drug-likeness (QED) is 0.747. The minimum atomic E-state index is -3.72. The van der Waals surface area contributed by atoms with Crippen LogP contribution in [-0.4, -0.2) is 19.5 Å². The second-order valence-electron chi connectivity index (χ2n) is 4.36. The van der Waals surface area contributed by atoms with E-state index in [2.05, 4.69) is 5.32 Å². The number of carbonyl (C=O) groups is 1. The number of nitrogens with two attached hydrogens (primary N) is 1. The smallest absolute Gasteiger partial charge is 0.308 e. The summed E-state index contributed by atoms with van der Waals surface area (Å²) in [5.41, 5.74) is 0.634. The number of anilines is 1. The topological polar surface area (TPSA) is 109 Å². The molecule has 0 bridgehead atoms. The Hall–Kier alpha value is -1.90. The average molecular weight is 326 g/mol. The van der Waals surface area contributed by atoms with Gasteiger partial charge in [0.25, 0.3) is 0 Å². The Kier molecular flexibility index (Phi) is 4.61. The summed E-state index contributed by atoms with van der Waals surface area (Å²) in [4.78, 5) is 12.4. The summed E-state index contributed by atoms with van der Waals surface area (Å²) in [7, 11) is -3.72. The Balaban J connectivity index is 2.03. The molecule has 0 spiro atoms. The Morgan fingerprint density at radius 3 is 2.62 bits per heavy atom. The van der Waals surface area contributed by atoms with E-state index in [-0.39, 0.29) is 11.3 Å². The van der Waals surface area contributed by atoms with Gasteiger partial charge in [-0.25, -0.2) is 13.6 Å². The van der Waals surface area contributed by atoms with Crippen LogP contribution in [0, 0.1) is 0 Å². The first-order chi connectivity index (χ1) is 9.84. The number of benzene rings is 1. The molecule has 1 aromatic carbocycles. The number of carboxylic acid groups (broad SMARTS) is 1. The number of primary sulfonamides is 1. The number of rotatable bonds is 6. The van der Waals surface area contributed by atoms with E-state index in [0.717, 1.165) is 9.75 Å². The van der Waals surface area contributed by atoms with Gasteiger partial charge in [-0.3, -0.25) is 4.79 Å². The number of thiophene rings is 1. The molecule has 0 aliphatic carbocycles. The van der Waals surface area contributed by atoms with E-state index < -0.39 is 16.0 Å². The van der Waals surface area contributed by atoms with Gasteiger partial charge in [-0.2, -0.15) is 0 Å². The highest BCUT2D eigenvalue weighted by atomic mass is 32.2. The zero-order chi connectivity index (χ0) is 15.5. The fourth-order valence-electron chi connectivity index (χ4n) is 1.73. The number of hydrogen-bond acceptors (Lipinski definition) is 5. The molecule has 0 atom stereocenters. The van der Waals surface area contributed by atoms with Gasteiger partial charge in [0, 0.05) is 22.0 Å². The van der Waals surface area contributed by atoms with Crippen molar-refractivity contribution in [3.63, 3.8) is 0 Å². The van der Waals surface area contributed by atoms with Crippen molar-refractivity contribution < 1.29 is 18.3 Å². The summed E-state index contributed by atoms with van der Waals surface area (Å²) in [5, 5.41) is 16.9. The molecule has 0 fully saturated rings. The summed E-state index contributed by atoms with van der Waals surface area (Å²) in [6, 6.07) is 9.85. The predicted octanol–water partition coefficient (Wildman–Crippen LogP) is 1.63. The molecular weight excluding hydrogens is 312 g/mol. The van der Waals surface area contributed by atoms with Crippen molar-refractivity contribution in [2.45, 2.75) is 17.9 Å². The summed E-state index contributed by atoms with van der Waals surface area (Å²) in [6.07, 6.45) is 0.00552. The first-order valence-electron chi connectivity index (χ1n) is 6.01. The Labute approximate surface area is 126 Å². The summed E-state index contributed by atoms with van der Waals surface area (Å²) in [6.45, 7) is 0.484. The van der Waals surface area contributed by atoms with E-state index in [1.54, 1.807) is 18.2 Å². The van der Waals surface area contributed by atoms with E-state index in [1.165, 1.54) is 23.5 Å². The molecule has 0 aliphatic heterocycles. The highest BCUT2D eigenvalue weighted by molar-refractivity contribution is 7.89. The second-order valence-corrected chi connectivity index (χ2v) is 7.18. The number of aliphatic carboxylic acids is 1. The normalized spacial score (nSPS) is 11.3. The molecule has 21 heavy (non-hydrogen) atoms. The highest BCUT2D eigenvalue weighted by Gasteiger charge is 2.08. The molecule has 2 rings (SSSR count). The Morgan fingerprint density at radius 2 is 1.95 bits per heavy atom. The van der Waals surface area contributed by atoms with Crippen LogP contribution in [-0.2, 0) is 27.8 Å². The molecule has 0 saturated carbocycles. The van der Waals surface area contributed by atoms with Crippen LogP contribution in [0.3, 0.4) is 0 Å². The SMILES string of the molecule is NS(=O)(=O)c1cccc(NCc2ccc(CC(=O)O)s2)c1. The lowest BCUT2D eigenvalue weighted by Crippen LogP contribution is -2.12. The standard InChI is InChI=1S/C13H14N2O4S2/c14-21(18,19)12-3-1-2-9(6-12)15-8-11-5-4-10(20-11)7-13(16)17/h1-6,15H,7-8H2,(H,16,17)(H2,14,18,19). The maximum atomic E-state index is 11.3. The van der Waals surface area contributed by atoms with Crippen molar-refractivity contribution >= 4 is 33.0 Å². The molecule has 0 unspecified atom stereocenters. The lowest BCUT2D eigenvalue weighted by molar-refractivity contribution is -0.136. The van der Waals surface area contributed by atoms with Crippen LogP contribution in [0.25, 0.3) is 0 Å². The summed E-state index contributed by atoms with van der Waals surface area (Å²) < 4.78 is 22.5. The Bertz CT molecular complexity index is 753. The third kappa shape index (κ3) is 4.55. The van der Waals surface area contributed by atoms with Crippen LogP contribution in [0.2, 0.25) is 0 Å². The fourth-order valence-corrected chi connectivity index (χ4v) is 3.24. The molecule has 6 nitrogen and oxygen atoms in total. The van der Waals surface area contributed by atoms with Crippen molar-refractivity contribution in [1.29, 1.82) is 0 Å². The maximum absolute atomic E-state index is 11.3. The van der Waals surface area contributed by atoms with Crippen LogP contribution in [0.15, 0.2) is 41.3 Å². The van der Waals surface area contributed by atoms with Crippen molar-refractivity contribution in [2.24, 2.45) is 5.14 Å². The third-order valence-electron chi connectivity index (χ3n) is 2.67. The van der Waals surface area contributed by atoms with Gasteiger partial charge in [-0.15, -0.1) is 11.3 Å². The van der Waals surface area contributed by atoms with Gasteiger partial charge in [0.2, 0.25) is 10.0 Å².